The Balaban J connectivity index is 2.57. The van der Waals surface area contributed by atoms with Crippen LogP contribution in [0.2, 0.25) is 0 Å². The van der Waals surface area contributed by atoms with Crippen molar-refractivity contribution >= 4 is 21.8 Å². The first-order valence-electron chi connectivity index (χ1n) is 6.38. The maximum atomic E-state index is 11.6. The topological polar surface area (TPSA) is 113 Å². The number of nitrogens with one attached hydrogen (secondary N) is 2. The lowest BCUT2D eigenvalue weighted by Gasteiger charge is -2.15. The van der Waals surface area contributed by atoms with Crippen molar-refractivity contribution in [3.05, 3.63) is 35.9 Å². The molecule has 0 aliphatic heterocycles. The maximum Gasteiger partial charge on any atom is 0.330 e. The average Bonchev–Trinajstić information content (AvgIpc) is 2.45. The normalized spacial score (nSPS) is 12.4. The molecular weight excluding hydrogens is 296 g/mol. The Labute approximate surface area is 123 Å². The van der Waals surface area contributed by atoms with Crippen LogP contribution in [0.25, 0.3) is 0 Å². The summed E-state index contributed by atoms with van der Waals surface area (Å²) in [5.74, 6) is -1.38. The molecule has 116 valence electrons. The number of carbonyl (C=O) groups excluding carboxylic acids is 1. The Hall–Kier alpha value is -2.09. The molecule has 1 aromatic carbocycles. The van der Waals surface area contributed by atoms with E-state index in [1.54, 1.807) is 30.3 Å². The third-order valence-electron chi connectivity index (χ3n) is 2.79. The van der Waals surface area contributed by atoms with Gasteiger partial charge in [0.15, 0.2) is 15.9 Å². The van der Waals surface area contributed by atoms with E-state index in [0.29, 0.717) is 5.56 Å². The minimum Gasteiger partial charge on any atom is -0.479 e. The second-order valence-electron chi connectivity index (χ2n) is 4.32. The monoisotopic (exact) mass is 314 g/mol. The third-order valence-corrected chi connectivity index (χ3v) is 4.50. The van der Waals surface area contributed by atoms with Gasteiger partial charge < -0.3 is 15.7 Å². The summed E-state index contributed by atoms with van der Waals surface area (Å²) in [5.41, 5.74) is 0.432. The first kappa shape index (κ1) is 17.0. The summed E-state index contributed by atoms with van der Waals surface area (Å²) < 4.78 is 22.5. The van der Waals surface area contributed by atoms with Crippen LogP contribution < -0.4 is 10.6 Å². The van der Waals surface area contributed by atoms with Crippen molar-refractivity contribution in [2.24, 2.45) is 0 Å². The standard InChI is InChI=1S/C13H18N2O5S/c1-2-21(19,20)9-8-14-13(18)15-11(12(16)17)10-6-4-3-5-7-10/h3-7,11H,2,8-9H2,1H3,(H,16,17)(H2,14,15,18)/t11-/m1/s1. The van der Waals surface area contributed by atoms with Gasteiger partial charge in [0.1, 0.15) is 0 Å². The van der Waals surface area contributed by atoms with Crippen LogP contribution in [-0.4, -0.2) is 43.6 Å². The molecule has 3 N–H and O–H groups in total. The van der Waals surface area contributed by atoms with E-state index in [1.165, 1.54) is 6.92 Å². The predicted octanol–water partition coefficient (Wildman–Crippen LogP) is 0.546. The van der Waals surface area contributed by atoms with E-state index in [-0.39, 0.29) is 18.1 Å². The van der Waals surface area contributed by atoms with Gasteiger partial charge >= 0.3 is 12.0 Å². The van der Waals surface area contributed by atoms with E-state index in [4.69, 9.17) is 5.11 Å². The Morgan fingerprint density at radius 3 is 2.38 bits per heavy atom. The van der Waals surface area contributed by atoms with Gasteiger partial charge in [-0.15, -0.1) is 0 Å². The Morgan fingerprint density at radius 2 is 1.86 bits per heavy atom. The summed E-state index contributed by atoms with van der Waals surface area (Å²) >= 11 is 0. The molecule has 1 rings (SSSR count). The van der Waals surface area contributed by atoms with Crippen LogP contribution in [0.1, 0.15) is 18.5 Å². The number of carbonyl (C=O) groups is 2. The molecule has 21 heavy (non-hydrogen) atoms. The predicted molar refractivity (Wildman–Crippen MR) is 77.7 cm³/mol. The molecule has 2 amide bonds. The number of sulfone groups is 1. The van der Waals surface area contributed by atoms with Gasteiger partial charge in [-0.05, 0) is 5.56 Å². The van der Waals surface area contributed by atoms with Crippen molar-refractivity contribution in [3.63, 3.8) is 0 Å². The van der Waals surface area contributed by atoms with Crippen molar-refractivity contribution in [1.29, 1.82) is 0 Å². The largest absolute Gasteiger partial charge is 0.479 e. The minimum absolute atomic E-state index is 0.00192. The molecule has 1 aromatic rings. The van der Waals surface area contributed by atoms with Crippen molar-refractivity contribution in [1.82, 2.24) is 10.6 Å². The summed E-state index contributed by atoms with van der Waals surface area (Å²) in [6.45, 7) is 1.45. The molecule has 0 heterocycles. The Kier molecular flexibility index (Phi) is 6.16. The molecule has 0 spiro atoms. The lowest BCUT2D eigenvalue weighted by Crippen LogP contribution is -2.42. The van der Waals surface area contributed by atoms with Gasteiger partial charge in [0.25, 0.3) is 0 Å². The molecule has 0 aromatic heterocycles. The Morgan fingerprint density at radius 1 is 1.24 bits per heavy atom. The van der Waals surface area contributed by atoms with Crippen LogP contribution in [0, 0.1) is 0 Å². The number of benzene rings is 1. The van der Waals surface area contributed by atoms with Gasteiger partial charge in [-0.25, -0.2) is 18.0 Å². The lowest BCUT2D eigenvalue weighted by atomic mass is 10.1. The molecule has 0 saturated carbocycles. The molecule has 0 fully saturated rings. The van der Waals surface area contributed by atoms with E-state index in [9.17, 15) is 18.0 Å². The summed E-state index contributed by atoms with van der Waals surface area (Å²) in [5, 5.41) is 13.8. The van der Waals surface area contributed by atoms with Gasteiger partial charge in [0.05, 0.1) is 5.75 Å². The van der Waals surface area contributed by atoms with Gasteiger partial charge in [0.2, 0.25) is 0 Å². The lowest BCUT2D eigenvalue weighted by molar-refractivity contribution is -0.139. The van der Waals surface area contributed by atoms with Crippen molar-refractivity contribution in [2.45, 2.75) is 13.0 Å². The fourth-order valence-electron chi connectivity index (χ4n) is 1.58. The number of amides is 2. The maximum absolute atomic E-state index is 11.6. The van der Waals surface area contributed by atoms with Gasteiger partial charge in [-0.2, -0.15) is 0 Å². The van der Waals surface area contributed by atoms with Crippen LogP contribution in [0.4, 0.5) is 4.79 Å². The first-order chi connectivity index (χ1) is 9.85. The zero-order chi connectivity index (χ0) is 15.9. The van der Waals surface area contributed by atoms with Crippen LogP contribution in [-0.2, 0) is 14.6 Å². The van der Waals surface area contributed by atoms with Gasteiger partial charge in [0, 0.05) is 12.3 Å². The Bertz CT molecular complexity index is 586. The van der Waals surface area contributed by atoms with E-state index in [0.717, 1.165) is 0 Å². The molecule has 7 nitrogen and oxygen atoms in total. The number of rotatable bonds is 7. The molecule has 0 bridgehead atoms. The van der Waals surface area contributed by atoms with Crippen LogP contribution >= 0.6 is 0 Å². The quantitative estimate of drug-likeness (QED) is 0.680. The zero-order valence-electron chi connectivity index (χ0n) is 11.6. The number of aliphatic carboxylic acids is 1. The highest BCUT2D eigenvalue weighted by molar-refractivity contribution is 7.91. The highest BCUT2D eigenvalue weighted by atomic mass is 32.2. The van der Waals surface area contributed by atoms with Crippen LogP contribution in [0.5, 0.6) is 0 Å². The zero-order valence-corrected chi connectivity index (χ0v) is 12.4. The van der Waals surface area contributed by atoms with Crippen molar-refractivity contribution < 1.29 is 23.1 Å². The molecule has 0 aliphatic carbocycles. The smallest absolute Gasteiger partial charge is 0.330 e. The molecule has 1 atom stereocenters. The fraction of sp³-hybridized carbons (Fsp3) is 0.385. The minimum atomic E-state index is -3.17. The summed E-state index contributed by atoms with van der Waals surface area (Å²) in [6, 6.07) is 6.32. The highest BCUT2D eigenvalue weighted by Crippen LogP contribution is 2.12. The number of carboxylic acid groups (broad SMARTS) is 1. The average molecular weight is 314 g/mol. The second-order valence-corrected chi connectivity index (χ2v) is 6.79. The summed E-state index contributed by atoms with van der Waals surface area (Å²) in [4.78, 5) is 22.8. The number of hydrogen-bond donors (Lipinski definition) is 3. The SMILES string of the molecule is CCS(=O)(=O)CCNC(=O)N[C@@H](C(=O)O)c1ccccc1. The number of hydrogen-bond acceptors (Lipinski definition) is 4. The molecule has 0 unspecified atom stereocenters. The molecular formula is C13H18N2O5S. The van der Waals surface area contributed by atoms with Gasteiger partial charge in [-0.3, -0.25) is 0 Å². The van der Waals surface area contributed by atoms with Crippen molar-refractivity contribution in [2.75, 3.05) is 18.1 Å². The van der Waals surface area contributed by atoms with E-state index in [1.807, 2.05) is 0 Å². The molecule has 0 aliphatic rings. The summed E-state index contributed by atoms with van der Waals surface area (Å²) in [6.07, 6.45) is 0. The molecule has 8 heteroatoms. The van der Waals surface area contributed by atoms with E-state index < -0.39 is 27.9 Å². The van der Waals surface area contributed by atoms with Gasteiger partial charge in [-0.1, -0.05) is 37.3 Å². The molecule has 0 radical (unpaired) electrons. The number of carboxylic acids is 1. The van der Waals surface area contributed by atoms with Crippen molar-refractivity contribution in [3.8, 4) is 0 Å². The van der Waals surface area contributed by atoms with E-state index >= 15 is 0 Å². The van der Waals surface area contributed by atoms with Crippen LogP contribution in [0.15, 0.2) is 30.3 Å². The third kappa shape index (κ3) is 5.82. The summed E-state index contributed by atoms with van der Waals surface area (Å²) in [7, 11) is -3.17. The number of urea groups is 1. The highest BCUT2D eigenvalue weighted by Gasteiger charge is 2.21. The van der Waals surface area contributed by atoms with Crippen LogP contribution in [0.3, 0.4) is 0 Å². The second kappa shape index (κ2) is 7.63. The molecule has 0 saturated heterocycles. The fourth-order valence-corrected chi connectivity index (χ4v) is 2.28. The van der Waals surface area contributed by atoms with E-state index in [2.05, 4.69) is 10.6 Å². The first-order valence-corrected chi connectivity index (χ1v) is 8.20.